The zero-order chi connectivity index (χ0) is 16.2. The predicted octanol–water partition coefficient (Wildman–Crippen LogP) is 6.22. The van der Waals surface area contributed by atoms with Crippen molar-refractivity contribution < 1.29 is 9.47 Å². The van der Waals surface area contributed by atoms with E-state index in [2.05, 4.69) is 39.8 Å². The molecule has 0 saturated carbocycles. The van der Waals surface area contributed by atoms with Gasteiger partial charge in [-0.25, -0.2) is 0 Å². The normalized spacial score (nSPS) is 10.7. The molecule has 0 aliphatic rings. The van der Waals surface area contributed by atoms with E-state index in [1.807, 2.05) is 0 Å². The van der Waals surface area contributed by atoms with Crippen LogP contribution in [-0.4, -0.2) is 13.2 Å². The fraction of sp³-hybridized carbons (Fsp3) is 0.700. The molecule has 0 amide bonds. The second-order valence-electron chi connectivity index (χ2n) is 6.20. The van der Waals surface area contributed by atoms with Crippen LogP contribution in [0.2, 0.25) is 0 Å². The van der Waals surface area contributed by atoms with Crippen LogP contribution in [0, 0.1) is 13.8 Å². The minimum atomic E-state index is 0.817. The molecule has 0 bridgehead atoms. The van der Waals surface area contributed by atoms with Crippen molar-refractivity contribution in [2.45, 2.75) is 79.1 Å². The van der Waals surface area contributed by atoms with Gasteiger partial charge in [-0.2, -0.15) is 0 Å². The highest BCUT2D eigenvalue weighted by Gasteiger charge is 2.06. The Labute approximate surface area is 137 Å². The molecule has 2 nitrogen and oxygen atoms in total. The Hall–Kier alpha value is -1.18. The molecule has 0 heterocycles. The van der Waals surface area contributed by atoms with Gasteiger partial charge in [0, 0.05) is 0 Å². The topological polar surface area (TPSA) is 18.5 Å². The summed E-state index contributed by atoms with van der Waals surface area (Å²) < 4.78 is 11.8. The summed E-state index contributed by atoms with van der Waals surface area (Å²) in [6.45, 7) is 10.3. The Balaban J connectivity index is 2.42. The molecule has 0 N–H and O–H groups in total. The highest BCUT2D eigenvalue weighted by Crippen LogP contribution is 2.28. The van der Waals surface area contributed by atoms with E-state index in [-0.39, 0.29) is 0 Å². The number of benzene rings is 1. The average Bonchev–Trinajstić information content (AvgIpc) is 2.51. The van der Waals surface area contributed by atoms with E-state index in [9.17, 15) is 0 Å². The van der Waals surface area contributed by atoms with Crippen LogP contribution in [0.25, 0.3) is 0 Å². The van der Waals surface area contributed by atoms with Crippen LogP contribution >= 0.6 is 0 Å². The molecule has 0 unspecified atom stereocenters. The van der Waals surface area contributed by atoms with Gasteiger partial charge in [-0.1, -0.05) is 52.4 Å². The summed E-state index contributed by atoms with van der Waals surface area (Å²) in [6.07, 6.45) is 9.92. The zero-order valence-corrected chi connectivity index (χ0v) is 15.0. The quantitative estimate of drug-likeness (QED) is 0.427. The Morgan fingerprint density at radius 2 is 1.05 bits per heavy atom. The van der Waals surface area contributed by atoms with Crippen LogP contribution in [0.1, 0.15) is 76.3 Å². The van der Waals surface area contributed by atoms with Gasteiger partial charge < -0.3 is 9.47 Å². The van der Waals surface area contributed by atoms with Crippen LogP contribution in [0.4, 0.5) is 0 Å². The minimum absolute atomic E-state index is 0.817. The van der Waals surface area contributed by atoms with Gasteiger partial charge >= 0.3 is 0 Å². The monoisotopic (exact) mass is 306 g/mol. The van der Waals surface area contributed by atoms with Crippen molar-refractivity contribution in [1.82, 2.24) is 0 Å². The first-order valence-corrected chi connectivity index (χ1v) is 9.05. The molecule has 0 aliphatic heterocycles. The molecule has 126 valence electrons. The van der Waals surface area contributed by atoms with Crippen molar-refractivity contribution in [3.63, 3.8) is 0 Å². The highest BCUT2D eigenvalue weighted by atomic mass is 16.5. The lowest BCUT2D eigenvalue weighted by molar-refractivity contribution is 0.294. The number of rotatable bonds is 12. The molecule has 1 aromatic rings. The minimum Gasteiger partial charge on any atom is -0.493 e. The SMILES string of the molecule is CCCCCCOc1cc(C)c(OCCCCCC)cc1C. The molecule has 1 rings (SSSR count). The molecule has 0 spiro atoms. The summed E-state index contributed by atoms with van der Waals surface area (Å²) in [5, 5.41) is 0. The van der Waals surface area contributed by atoms with E-state index in [1.165, 1.54) is 49.7 Å². The van der Waals surface area contributed by atoms with E-state index in [0.717, 1.165) is 37.6 Å². The third kappa shape index (κ3) is 7.20. The van der Waals surface area contributed by atoms with Crippen molar-refractivity contribution in [2.24, 2.45) is 0 Å². The Morgan fingerprint density at radius 1 is 0.636 bits per heavy atom. The fourth-order valence-electron chi connectivity index (χ4n) is 2.50. The molecule has 1 aromatic carbocycles. The van der Waals surface area contributed by atoms with Crippen molar-refractivity contribution in [2.75, 3.05) is 13.2 Å². The van der Waals surface area contributed by atoms with Gasteiger partial charge in [0.2, 0.25) is 0 Å². The van der Waals surface area contributed by atoms with Crippen LogP contribution in [0.15, 0.2) is 12.1 Å². The van der Waals surface area contributed by atoms with E-state index < -0.39 is 0 Å². The van der Waals surface area contributed by atoms with Gasteiger partial charge in [-0.3, -0.25) is 0 Å². The van der Waals surface area contributed by atoms with E-state index >= 15 is 0 Å². The molecule has 22 heavy (non-hydrogen) atoms. The lowest BCUT2D eigenvalue weighted by Crippen LogP contribution is -2.02. The smallest absolute Gasteiger partial charge is 0.122 e. The highest BCUT2D eigenvalue weighted by molar-refractivity contribution is 5.45. The Morgan fingerprint density at radius 3 is 1.41 bits per heavy atom. The number of ether oxygens (including phenoxy) is 2. The summed E-state index contributed by atoms with van der Waals surface area (Å²) in [7, 11) is 0. The summed E-state index contributed by atoms with van der Waals surface area (Å²) >= 11 is 0. The second-order valence-corrected chi connectivity index (χ2v) is 6.20. The third-order valence-electron chi connectivity index (χ3n) is 3.98. The lowest BCUT2D eigenvalue weighted by Gasteiger charge is -2.14. The molecule has 0 atom stereocenters. The van der Waals surface area contributed by atoms with Crippen molar-refractivity contribution >= 4 is 0 Å². The number of hydrogen-bond acceptors (Lipinski definition) is 2. The van der Waals surface area contributed by atoms with E-state index in [0.29, 0.717) is 0 Å². The molecule has 0 fully saturated rings. The molecule has 0 aromatic heterocycles. The van der Waals surface area contributed by atoms with E-state index in [4.69, 9.17) is 9.47 Å². The summed E-state index contributed by atoms with van der Waals surface area (Å²) in [4.78, 5) is 0. The summed E-state index contributed by atoms with van der Waals surface area (Å²) in [6, 6.07) is 4.24. The Bertz CT molecular complexity index is 373. The van der Waals surface area contributed by atoms with Crippen LogP contribution in [0.5, 0.6) is 11.5 Å². The lowest BCUT2D eigenvalue weighted by atomic mass is 10.1. The van der Waals surface area contributed by atoms with Crippen molar-refractivity contribution in [3.05, 3.63) is 23.3 Å². The van der Waals surface area contributed by atoms with Crippen LogP contribution in [-0.2, 0) is 0 Å². The first-order chi connectivity index (χ1) is 10.7. The second kappa shape index (κ2) is 11.4. The standard InChI is InChI=1S/C20H34O2/c1-5-7-9-11-13-21-19-15-18(4)20(16-17(19)3)22-14-12-10-8-6-2/h15-16H,5-14H2,1-4H3. The summed E-state index contributed by atoms with van der Waals surface area (Å²) in [5.74, 6) is 2.01. The fourth-order valence-corrected chi connectivity index (χ4v) is 2.50. The van der Waals surface area contributed by atoms with Gasteiger partial charge in [0.05, 0.1) is 13.2 Å². The zero-order valence-electron chi connectivity index (χ0n) is 15.0. The van der Waals surface area contributed by atoms with Crippen molar-refractivity contribution in [3.8, 4) is 11.5 Å². The first-order valence-electron chi connectivity index (χ1n) is 9.05. The largest absolute Gasteiger partial charge is 0.493 e. The number of hydrogen-bond donors (Lipinski definition) is 0. The van der Waals surface area contributed by atoms with Gasteiger partial charge in [0.1, 0.15) is 11.5 Å². The van der Waals surface area contributed by atoms with Crippen molar-refractivity contribution in [1.29, 1.82) is 0 Å². The number of aryl methyl sites for hydroxylation is 2. The van der Waals surface area contributed by atoms with E-state index in [1.54, 1.807) is 0 Å². The van der Waals surface area contributed by atoms with Gasteiger partial charge in [-0.05, 0) is 49.9 Å². The van der Waals surface area contributed by atoms with Crippen LogP contribution < -0.4 is 9.47 Å². The third-order valence-corrected chi connectivity index (χ3v) is 3.98. The predicted molar refractivity (Wildman–Crippen MR) is 95.2 cm³/mol. The molecule has 2 heteroatoms. The molecule has 0 aliphatic carbocycles. The summed E-state index contributed by atoms with van der Waals surface area (Å²) in [5.41, 5.74) is 2.34. The Kier molecular flexibility index (Phi) is 9.77. The maximum Gasteiger partial charge on any atom is 0.122 e. The molecule has 0 saturated heterocycles. The average molecular weight is 306 g/mol. The maximum atomic E-state index is 5.92. The molecular weight excluding hydrogens is 272 g/mol. The molecule has 0 radical (unpaired) electrons. The van der Waals surface area contributed by atoms with Gasteiger partial charge in [-0.15, -0.1) is 0 Å². The van der Waals surface area contributed by atoms with Gasteiger partial charge in [0.15, 0.2) is 0 Å². The maximum absolute atomic E-state index is 5.92. The first kappa shape index (κ1) is 18.9. The number of unbranched alkanes of at least 4 members (excludes halogenated alkanes) is 6. The molecular formula is C20H34O2. The van der Waals surface area contributed by atoms with Crippen LogP contribution in [0.3, 0.4) is 0 Å². The van der Waals surface area contributed by atoms with Gasteiger partial charge in [0.25, 0.3) is 0 Å².